The molecule has 5 nitrogen and oxygen atoms in total. The van der Waals surface area contributed by atoms with Crippen LogP contribution in [0, 0.1) is 17.5 Å². The van der Waals surface area contributed by atoms with Gasteiger partial charge < -0.3 is 10.2 Å². The molecule has 1 aliphatic rings. The molecule has 0 aromatic heterocycles. The molecule has 0 saturated carbocycles. The maximum atomic E-state index is 13.4. The van der Waals surface area contributed by atoms with Gasteiger partial charge >= 0.3 is 0 Å². The van der Waals surface area contributed by atoms with E-state index in [1.54, 1.807) is 0 Å². The van der Waals surface area contributed by atoms with Gasteiger partial charge in [0, 0.05) is 25.2 Å². The van der Waals surface area contributed by atoms with Gasteiger partial charge in [0.05, 0.1) is 12.2 Å². The number of hydrogen-bond donors (Lipinski definition) is 2. The highest BCUT2D eigenvalue weighted by Gasteiger charge is 2.40. The van der Waals surface area contributed by atoms with Crippen LogP contribution in [0.2, 0.25) is 0 Å². The summed E-state index contributed by atoms with van der Waals surface area (Å²) in [7, 11) is -4.59. The zero-order valence-corrected chi connectivity index (χ0v) is 10.2. The molecule has 2 rings (SSSR count). The average Bonchev–Trinajstić information content (AvgIpc) is 2.57. The van der Waals surface area contributed by atoms with Gasteiger partial charge in [-0.25, -0.2) is 21.6 Å². The molecule has 106 valence electrons. The highest BCUT2D eigenvalue weighted by Crippen LogP contribution is 2.26. The van der Waals surface area contributed by atoms with E-state index in [0.717, 1.165) is 0 Å². The second kappa shape index (κ2) is 4.75. The minimum atomic E-state index is -4.59. The third-order valence-electron chi connectivity index (χ3n) is 2.79. The Morgan fingerprint density at radius 2 is 1.47 bits per heavy atom. The number of benzene rings is 1. The summed E-state index contributed by atoms with van der Waals surface area (Å²) < 4.78 is 64.1. The summed E-state index contributed by atoms with van der Waals surface area (Å²) in [6.07, 6.45) is -2.66. The Morgan fingerprint density at radius 1 is 1.05 bits per heavy atom. The molecule has 1 saturated heterocycles. The number of aliphatic hydroxyl groups excluding tert-OH is 2. The van der Waals surface area contributed by atoms with E-state index in [0.29, 0.717) is 4.31 Å². The lowest BCUT2D eigenvalue weighted by Crippen LogP contribution is -2.31. The van der Waals surface area contributed by atoms with Crippen molar-refractivity contribution in [2.75, 3.05) is 13.1 Å². The van der Waals surface area contributed by atoms with Crippen LogP contribution in [0.4, 0.5) is 13.2 Å². The largest absolute Gasteiger partial charge is 0.389 e. The first-order chi connectivity index (χ1) is 8.73. The van der Waals surface area contributed by atoms with Crippen LogP contribution in [-0.2, 0) is 10.0 Å². The molecular formula is C10H10F3NO4S. The topological polar surface area (TPSA) is 77.8 Å². The van der Waals surface area contributed by atoms with Gasteiger partial charge in [-0.3, -0.25) is 0 Å². The number of nitrogens with zero attached hydrogens (tertiary/aromatic N) is 1. The van der Waals surface area contributed by atoms with E-state index in [4.69, 9.17) is 0 Å². The Kier molecular flexibility index (Phi) is 3.56. The van der Waals surface area contributed by atoms with Crippen molar-refractivity contribution in [1.82, 2.24) is 4.31 Å². The zero-order chi connectivity index (χ0) is 14.4. The van der Waals surface area contributed by atoms with Crippen LogP contribution < -0.4 is 0 Å². The molecule has 2 N–H and O–H groups in total. The van der Waals surface area contributed by atoms with Crippen LogP contribution >= 0.6 is 0 Å². The fraction of sp³-hybridized carbons (Fsp3) is 0.400. The van der Waals surface area contributed by atoms with Crippen LogP contribution in [0.15, 0.2) is 17.0 Å². The first kappa shape index (κ1) is 14.3. The zero-order valence-electron chi connectivity index (χ0n) is 9.42. The second-order valence-corrected chi connectivity index (χ2v) is 6.03. The minimum Gasteiger partial charge on any atom is -0.389 e. The van der Waals surface area contributed by atoms with E-state index in [1.807, 2.05) is 0 Å². The fourth-order valence-electron chi connectivity index (χ4n) is 1.84. The molecule has 0 bridgehead atoms. The Bertz CT molecular complexity index is 574. The molecule has 1 fully saturated rings. The van der Waals surface area contributed by atoms with Crippen LogP contribution in [0.5, 0.6) is 0 Å². The Labute approximate surface area is 106 Å². The number of β-amino-alcohol motifs (C(OH)–C–C–N with tert-alkyl or cyclic N) is 2. The van der Waals surface area contributed by atoms with Gasteiger partial charge in [-0.05, 0) is 0 Å². The third-order valence-corrected chi connectivity index (χ3v) is 4.67. The molecule has 1 heterocycles. The maximum absolute atomic E-state index is 13.4. The molecule has 0 radical (unpaired) electrons. The van der Waals surface area contributed by atoms with Gasteiger partial charge in [-0.15, -0.1) is 0 Å². The van der Waals surface area contributed by atoms with Gasteiger partial charge in [0.25, 0.3) is 0 Å². The molecule has 1 aliphatic heterocycles. The number of rotatable bonds is 2. The van der Waals surface area contributed by atoms with Crippen LogP contribution in [0.25, 0.3) is 0 Å². The van der Waals surface area contributed by atoms with Gasteiger partial charge in [-0.1, -0.05) is 0 Å². The Hall–Kier alpha value is -1.16. The average molecular weight is 297 g/mol. The van der Waals surface area contributed by atoms with Gasteiger partial charge in [0.1, 0.15) is 17.5 Å². The summed E-state index contributed by atoms with van der Waals surface area (Å²) in [6, 6.07) is 0.498. The summed E-state index contributed by atoms with van der Waals surface area (Å²) in [5.74, 6) is -4.36. The Morgan fingerprint density at radius 3 is 1.89 bits per heavy atom. The van der Waals surface area contributed by atoms with Crippen LogP contribution in [0.3, 0.4) is 0 Å². The summed E-state index contributed by atoms with van der Waals surface area (Å²) in [5, 5.41) is 18.5. The molecule has 0 spiro atoms. The second-order valence-electron chi connectivity index (χ2n) is 4.16. The molecule has 19 heavy (non-hydrogen) atoms. The molecular weight excluding hydrogens is 287 g/mol. The summed E-state index contributed by atoms with van der Waals surface area (Å²) >= 11 is 0. The molecule has 9 heteroatoms. The van der Waals surface area contributed by atoms with E-state index in [1.165, 1.54) is 0 Å². The van der Waals surface area contributed by atoms with Crippen molar-refractivity contribution in [2.45, 2.75) is 17.1 Å². The van der Waals surface area contributed by atoms with Crippen molar-refractivity contribution in [3.05, 3.63) is 29.6 Å². The smallest absolute Gasteiger partial charge is 0.249 e. The number of halogens is 3. The van der Waals surface area contributed by atoms with Gasteiger partial charge in [0.2, 0.25) is 10.0 Å². The van der Waals surface area contributed by atoms with Crippen LogP contribution in [-0.4, -0.2) is 48.2 Å². The van der Waals surface area contributed by atoms with Crippen molar-refractivity contribution in [1.29, 1.82) is 0 Å². The lowest BCUT2D eigenvalue weighted by atomic mass is 10.3. The minimum absolute atomic E-state index is 0.249. The molecule has 0 unspecified atom stereocenters. The summed E-state index contributed by atoms with van der Waals surface area (Å²) in [6.45, 7) is -0.973. The quantitative estimate of drug-likeness (QED) is 0.794. The van der Waals surface area contributed by atoms with Gasteiger partial charge in [0.15, 0.2) is 4.90 Å². The van der Waals surface area contributed by atoms with Crippen molar-refractivity contribution < 1.29 is 31.8 Å². The number of aliphatic hydroxyl groups is 2. The van der Waals surface area contributed by atoms with Crippen molar-refractivity contribution in [3.63, 3.8) is 0 Å². The summed E-state index contributed by atoms with van der Waals surface area (Å²) in [5.41, 5.74) is 0. The van der Waals surface area contributed by atoms with E-state index in [-0.39, 0.29) is 12.1 Å². The van der Waals surface area contributed by atoms with E-state index in [9.17, 15) is 31.8 Å². The van der Waals surface area contributed by atoms with Crippen molar-refractivity contribution in [3.8, 4) is 0 Å². The molecule has 1 aromatic carbocycles. The Balaban J connectivity index is 2.47. The fourth-order valence-corrected chi connectivity index (χ4v) is 3.40. The molecule has 0 amide bonds. The first-order valence-corrected chi connectivity index (χ1v) is 6.68. The summed E-state index contributed by atoms with van der Waals surface area (Å²) in [4.78, 5) is -1.30. The van der Waals surface area contributed by atoms with Crippen molar-refractivity contribution >= 4 is 10.0 Å². The monoisotopic (exact) mass is 297 g/mol. The maximum Gasteiger partial charge on any atom is 0.249 e. The van der Waals surface area contributed by atoms with Gasteiger partial charge in [-0.2, -0.15) is 4.31 Å². The van der Waals surface area contributed by atoms with E-state index in [2.05, 4.69) is 0 Å². The highest BCUT2D eigenvalue weighted by molar-refractivity contribution is 7.89. The lowest BCUT2D eigenvalue weighted by Gasteiger charge is -2.16. The van der Waals surface area contributed by atoms with E-state index < -0.39 is 57.7 Å². The van der Waals surface area contributed by atoms with E-state index >= 15 is 0 Å². The number of hydrogen-bond acceptors (Lipinski definition) is 4. The predicted molar refractivity (Wildman–Crippen MR) is 57.1 cm³/mol. The lowest BCUT2D eigenvalue weighted by molar-refractivity contribution is 0.0572. The third kappa shape index (κ3) is 2.46. The molecule has 2 atom stereocenters. The molecule has 0 aliphatic carbocycles. The number of sulfonamides is 1. The SMILES string of the molecule is O=S(=O)(c1c(F)cc(F)cc1F)N1C[C@@H](O)[C@@H](O)C1. The standard InChI is InChI=1S/C10H10F3NO4S/c11-5-1-6(12)10(7(13)2-5)19(17,18)14-3-8(15)9(16)4-14/h1-2,8-9,15-16H,3-4H2/t8-,9+. The highest BCUT2D eigenvalue weighted by atomic mass is 32.2. The van der Waals surface area contributed by atoms with Crippen LogP contribution in [0.1, 0.15) is 0 Å². The first-order valence-electron chi connectivity index (χ1n) is 5.24. The molecule has 1 aromatic rings. The normalized spacial score (nSPS) is 24.9. The van der Waals surface area contributed by atoms with Crippen molar-refractivity contribution in [2.24, 2.45) is 0 Å². The predicted octanol–water partition coefficient (Wildman–Crippen LogP) is -0.170.